The monoisotopic (exact) mass is 266 g/mol. The van der Waals surface area contributed by atoms with Crippen molar-refractivity contribution in [3.05, 3.63) is 78.4 Å². The van der Waals surface area contributed by atoms with Crippen LogP contribution in [0.5, 0.6) is 0 Å². The third-order valence-electron chi connectivity index (χ3n) is 3.33. The van der Waals surface area contributed by atoms with Crippen LogP contribution in [0.25, 0.3) is 10.8 Å². The molecular formula is C17H15OP. The predicted octanol–water partition coefficient (Wildman–Crippen LogP) is 4.23. The molecule has 0 spiro atoms. The topological polar surface area (TPSA) is 17.1 Å². The average molecular weight is 266 g/mol. The number of hydrogen-bond donors (Lipinski definition) is 0. The third-order valence-corrected chi connectivity index (χ3v) is 5.01. The quantitative estimate of drug-likeness (QED) is 0.648. The Morgan fingerprint density at radius 3 is 2.26 bits per heavy atom. The standard InChI is InChI=1S/C17H15OP/c18-19(16-10-2-1-3-11-16)13-15-9-6-8-14-7-4-5-12-17(14)15/h1-12,19H,13H2. The minimum Gasteiger partial charge on any atom is -0.322 e. The molecule has 0 bridgehead atoms. The van der Waals surface area contributed by atoms with E-state index in [0.717, 1.165) is 5.30 Å². The minimum atomic E-state index is -1.76. The number of fused-ring (bicyclic) bond motifs is 1. The molecule has 19 heavy (non-hydrogen) atoms. The minimum absolute atomic E-state index is 0.635. The van der Waals surface area contributed by atoms with E-state index in [9.17, 15) is 4.57 Å². The molecule has 1 atom stereocenters. The van der Waals surface area contributed by atoms with Gasteiger partial charge in [-0.05, 0) is 16.3 Å². The largest absolute Gasteiger partial charge is 0.322 e. The first-order valence-corrected chi connectivity index (χ1v) is 8.01. The first-order chi connectivity index (χ1) is 9.34. The SMILES string of the molecule is O=[PH](Cc1cccc2ccccc12)c1ccccc1. The van der Waals surface area contributed by atoms with Gasteiger partial charge in [0.15, 0.2) is 0 Å². The number of benzene rings is 3. The number of rotatable bonds is 3. The van der Waals surface area contributed by atoms with Crippen molar-refractivity contribution in [2.45, 2.75) is 6.16 Å². The maximum atomic E-state index is 12.4. The van der Waals surface area contributed by atoms with Crippen molar-refractivity contribution in [1.82, 2.24) is 0 Å². The molecule has 0 aliphatic carbocycles. The highest BCUT2D eigenvalue weighted by Crippen LogP contribution is 2.30. The van der Waals surface area contributed by atoms with Crippen molar-refractivity contribution in [1.29, 1.82) is 0 Å². The Bertz CT molecular complexity index is 714. The summed E-state index contributed by atoms with van der Waals surface area (Å²) in [6, 6.07) is 24.2. The molecule has 0 saturated carbocycles. The zero-order chi connectivity index (χ0) is 13.1. The molecule has 0 amide bonds. The normalized spacial score (nSPS) is 12.4. The van der Waals surface area contributed by atoms with E-state index in [0.29, 0.717) is 6.16 Å². The molecule has 2 heteroatoms. The van der Waals surface area contributed by atoms with Gasteiger partial charge in [0.05, 0.1) is 0 Å². The van der Waals surface area contributed by atoms with Crippen molar-refractivity contribution in [2.75, 3.05) is 0 Å². The summed E-state index contributed by atoms with van der Waals surface area (Å²) in [5.41, 5.74) is 1.17. The Hall–Kier alpha value is -1.85. The average Bonchev–Trinajstić information content (AvgIpc) is 2.48. The molecule has 3 rings (SSSR count). The fraction of sp³-hybridized carbons (Fsp3) is 0.0588. The van der Waals surface area contributed by atoms with Gasteiger partial charge < -0.3 is 4.57 Å². The summed E-state index contributed by atoms with van der Waals surface area (Å²) in [5, 5.41) is 3.38. The van der Waals surface area contributed by atoms with Crippen LogP contribution in [0.3, 0.4) is 0 Å². The van der Waals surface area contributed by atoms with E-state index >= 15 is 0 Å². The Balaban J connectivity index is 1.96. The van der Waals surface area contributed by atoms with Crippen LogP contribution < -0.4 is 5.30 Å². The highest BCUT2D eigenvalue weighted by molar-refractivity contribution is 7.52. The Labute approximate surface area is 113 Å². The first-order valence-electron chi connectivity index (χ1n) is 6.39. The van der Waals surface area contributed by atoms with Crippen LogP contribution in [0.2, 0.25) is 0 Å². The van der Waals surface area contributed by atoms with E-state index in [4.69, 9.17) is 0 Å². The molecule has 3 aromatic rings. The van der Waals surface area contributed by atoms with Gasteiger partial charge in [-0.1, -0.05) is 72.8 Å². The van der Waals surface area contributed by atoms with E-state index in [2.05, 4.69) is 24.3 Å². The lowest BCUT2D eigenvalue weighted by molar-refractivity contribution is 0.593. The van der Waals surface area contributed by atoms with Crippen LogP contribution in [-0.4, -0.2) is 0 Å². The van der Waals surface area contributed by atoms with Gasteiger partial charge in [-0.3, -0.25) is 0 Å². The fourth-order valence-corrected chi connectivity index (χ4v) is 3.77. The Morgan fingerprint density at radius 2 is 1.42 bits per heavy atom. The summed E-state index contributed by atoms with van der Waals surface area (Å²) in [6.07, 6.45) is 0.635. The van der Waals surface area contributed by atoms with E-state index in [1.807, 2.05) is 48.5 Å². The van der Waals surface area contributed by atoms with Crippen LogP contribution >= 0.6 is 7.80 Å². The second-order valence-electron chi connectivity index (χ2n) is 4.60. The number of hydrogen-bond acceptors (Lipinski definition) is 1. The molecule has 0 heterocycles. The summed E-state index contributed by atoms with van der Waals surface area (Å²) in [6.45, 7) is 0. The zero-order valence-electron chi connectivity index (χ0n) is 10.5. The van der Waals surface area contributed by atoms with Crippen molar-refractivity contribution in [2.24, 2.45) is 0 Å². The molecule has 1 nitrogen and oxygen atoms in total. The van der Waals surface area contributed by atoms with E-state index in [1.165, 1.54) is 16.3 Å². The molecule has 0 aromatic heterocycles. The van der Waals surface area contributed by atoms with Crippen molar-refractivity contribution >= 4 is 23.9 Å². The van der Waals surface area contributed by atoms with Crippen molar-refractivity contribution in [3.63, 3.8) is 0 Å². The summed E-state index contributed by atoms with van der Waals surface area (Å²) >= 11 is 0. The van der Waals surface area contributed by atoms with Crippen molar-refractivity contribution in [3.8, 4) is 0 Å². The lowest BCUT2D eigenvalue weighted by Crippen LogP contribution is -1.96. The molecule has 0 radical (unpaired) electrons. The molecule has 0 aliphatic heterocycles. The maximum absolute atomic E-state index is 12.4. The predicted molar refractivity (Wildman–Crippen MR) is 82.7 cm³/mol. The summed E-state index contributed by atoms with van der Waals surface area (Å²) in [5.74, 6) is 0. The molecule has 0 N–H and O–H groups in total. The van der Waals surface area contributed by atoms with Gasteiger partial charge in [-0.15, -0.1) is 0 Å². The van der Waals surface area contributed by atoms with Gasteiger partial charge in [0, 0.05) is 11.5 Å². The van der Waals surface area contributed by atoms with Gasteiger partial charge in [-0.2, -0.15) is 0 Å². The maximum Gasteiger partial charge on any atom is 0.108 e. The molecule has 0 fully saturated rings. The summed E-state index contributed by atoms with van der Waals surface area (Å²) < 4.78 is 12.4. The molecular weight excluding hydrogens is 251 g/mol. The highest BCUT2D eigenvalue weighted by atomic mass is 31.1. The van der Waals surface area contributed by atoms with E-state index < -0.39 is 7.80 Å². The fourth-order valence-electron chi connectivity index (χ4n) is 2.35. The third kappa shape index (κ3) is 2.62. The lowest BCUT2D eigenvalue weighted by Gasteiger charge is -2.07. The van der Waals surface area contributed by atoms with Gasteiger partial charge in [-0.25, -0.2) is 0 Å². The summed E-state index contributed by atoms with van der Waals surface area (Å²) in [4.78, 5) is 0. The van der Waals surface area contributed by atoms with Crippen LogP contribution in [0.15, 0.2) is 72.8 Å². The molecule has 1 unspecified atom stereocenters. The summed E-state index contributed by atoms with van der Waals surface area (Å²) in [7, 11) is -1.76. The van der Waals surface area contributed by atoms with Gasteiger partial charge in [0.1, 0.15) is 7.80 Å². The molecule has 3 aromatic carbocycles. The van der Waals surface area contributed by atoms with Crippen LogP contribution in [-0.2, 0) is 10.7 Å². The van der Waals surface area contributed by atoms with E-state index in [1.54, 1.807) is 0 Å². The van der Waals surface area contributed by atoms with E-state index in [-0.39, 0.29) is 0 Å². The molecule has 0 aliphatic rings. The Kier molecular flexibility index (Phi) is 3.48. The van der Waals surface area contributed by atoms with Gasteiger partial charge in [0.25, 0.3) is 0 Å². The molecule has 94 valence electrons. The van der Waals surface area contributed by atoms with Gasteiger partial charge >= 0.3 is 0 Å². The lowest BCUT2D eigenvalue weighted by atomic mass is 10.1. The Morgan fingerprint density at radius 1 is 0.737 bits per heavy atom. The van der Waals surface area contributed by atoms with Gasteiger partial charge in [0.2, 0.25) is 0 Å². The molecule has 0 saturated heterocycles. The smallest absolute Gasteiger partial charge is 0.108 e. The van der Waals surface area contributed by atoms with Crippen LogP contribution in [0, 0.1) is 0 Å². The zero-order valence-corrected chi connectivity index (χ0v) is 11.5. The second-order valence-corrected chi connectivity index (χ2v) is 6.38. The van der Waals surface area contributed by atoms with Crippen LogP contribution in [0.1, 0.15) is 5.56 Å². The van der Waals surface area contributed by atoms with Crippen LogP contribution in [0.4, 0.5) is 0 Å². The first kappa shape index (κ1) is 12.2. The second kappa shape index (κ2) is 5.42. The van der Waals surface area contributed by atoms with Crippen molar-refractivity contribution < 1.29 is 4.57 Å². The highest BCUT2D eigenvalue weighted by Gasteiger charge is 2.07.